The number of hydrogen-bond acceptors (Lipinski definition) is 4. The second-order valence-electron chi connectivity index (χ2n) is 8.93. The molecule has 4 nitrogen and oxygen atoms in total. The van der Waals surface area contributed by atoms with E-state index in [1.165, 1.54) is 0 Å². The fraction of sp³-hybridized carbons (Fsp3) is 0.296. The molecular weight excluding hydrogens is 422 g/mol. The van der Waals surface area contributed by atoms with Crippen molar-refractivity contribution in [2.24, 2.45) is 5.92 Å². The zero-order valence-electron chi connectivity index (χ0n) is 18.7. The van der Waals surface area contributed by atoms with Crippen molar-refractivity contribution in [2.45, 2.75) is 33.3 Å². The van der Waals surface area contributed by atoms with Crippen molar-refractivity contribution in [1.29, 1.82) is 0 Å². The maximum Gasteiger partial charge on any atom is 0.340 e. The third-order valence-corrected chi connectivity index (χ3v) is 6.72. The van der Waals surface area contributed by atoms with E-state index in [1.54, 1.807) is 0 Å². The summed E-state index contributed by atoms with van der Waals surface area (Å²) in [6.45, 7) is 10.4. The highest BCUT2D eigenvalue weighted by Crippen LogP contribution is 2.57. The van der Waals surface area contributed by atoms with E-state index in [2.05, 4.69) is 37.8 Å². The maximum atomic E-state index is 12.9. The minimum Gasteiger partial charge on any atom is -0.456 e. The lowest BCUT2D eigenvalue weighted by molar-refractivity contribution is 0.0224. The van der Waals surface area contributed by atoms with Crippen LogP contribution in [0.1, 0.15) is 53.4 Å². The summed E-state index contributed by atoms with van der Waals surface area (Å²) in [6, 6.07) is 17.5. The summed E-state index contributed by atoms with van der Waals surface area (Å²) in [5.41, 5.74) is 3.87. The van der Waals surface area contributed by atoms with Crippen LogP contribution in [0.2, 0.25) is 5.02 Å². The Morgan fingerprint density at radius 3 is 2.50 bits per heavy atom. The van der Waals surface area contributed by atoms with E-state index < -0.39 is 5.60 Å². The zero-order valence-corrected chi connectivity index (χ0v) is 19.5. The van der Waals surface area contributed by atoms with Crippen molar-refractivity contribution in [3.05, 3.63) is 87.4 Å². The molecule has 0 fully saturated rings. The average Bonchev–Trinajstić information content (AvgIpc) is 3.06. The third kappa shape index (κ3) is 3.01. The van der Waals surface area contributed by atoms with E-state index in [1.807, 2.05) is 49.4 Å². The quantitative estimate of drug-likeness (QED) is 0.417. The number of nitrogens with zero attached hydrogens (tertiary/aromatic N) is 1. The minimum atomic E-state index is -1.08. The highest BCUT2D eigenvalue weighted by Gasteiger charge is 2.53. The van der Waals surface area contributed by atoms with Crippen LogP contribution in [0.3, 0.4) is 0 Å². The molecule has 164 valence electrons. The van der Waals surface area contributed by atoms with Gasteiger partial charge in [0.2, 0.25) is 0 Å². The summed E-state index contributed by atoms with van der Waals surface area (Å²) in [6.07, 6.45) is 0. The molecule has 32 heavy (non-hydrogen) atoms. The third-order valence-electron chi connectivity index (χ3n) is 6.31. The first kappa shape index (κ1) is 20.9. The van der Waals surface area contributed by atoms with Crippen molar-refractivity contribution >= 4 is 23.3 Å². The van der Waals surface area contributed by atoms with Crippen molar-refractivity contribution in [2.75, 3.05) is 18.0 Å². The van der Waals surface area contributed by atoms with Crippen LogP contribution in [0.15, 0.2) is 54.6 Å². The number of fused-ring (bicyclic) bond motifs is 6. The van der Waals surface area contributed by atoms with E-state index in [4.69, 9.17) is 21.1 Å². The van der Waals surface area contributed by atoms with Crippen LogP contribution in [0.25, 0.3) is 0 Å². The molecule has 0 aromatic heterocycles. The predicted molar refractivity (Wildman–Crippen MR) is 127 cm³/mol. The molecular formula is C27H26ClNO3. The van der Waals surface area contributed by atoms with E-state index in [0.717, 1.165) is 41.0 Å². The van der Waals surface area contributed by atoms with Crippen molar-refractivity contribution in [1.82, 2.24) is 0 Å². The molecule has 0 N–H and O–H groups in total. The number of benzene rings is 3. The first-order valence-corrected chi connectivity index (χ1v) is 11.4. The summed E-state index contributed by atoms with van der Waals surface area (Å²) < 4.78 is 12.6. The number of hydrogen-bond donors (Lipinski definition) is 0. The number of anilines is 1. The summed E-state index contributed by atoms with van der Waals surface area (Å²) in [7, 11) is 0. The fourth-order valence-corrected chi connectivity index (χ4v) is 5.00. The predicted octanol–water partition coefficient (Wildman–Crippen LogP) is 6.70. The molecule has 1 atom stereocenters. The number of rotatable bonds is 4. The molecule has 5 heteroatoms. The average molecular weight is 448 g/mol. The van der Waals surface area contributed by atoms with Crippen LogP contribution >= 0.6 is 11.6 Å². The van der Waals surface area contributed by atoms with E-state index in [0.29, 0.717) is 28.0 Å². The van der Waals surface area contributed by atoms with Crippen LogP contribution < -0.4 is 9.64 Å². The van der Waals surface area contributed by atoms with E-state index in [-0.39, 0.29) is 5.97 Å². The Kier molecular flexibility index (Phi) is 4.94. The van der Waals surface area contributed by atoms with Gasteiger partial charge in [0, 0.05) is 46.6 Å². The summed E-state index contributed by atoms with van der Waals surface area (Å²) in [4.78, 5) is 15.3. The van der Waals surface area contributed by atoms with Crippen LogP contribution in [0.4, 0.5) is 5.69 Å². The zero-order chi connectivity index (χ0) is 22.6. The Labute approximate surface area is 193 Å². The molecule has 2 heterocycles. The molecule has 2 aliphatic heterocycles. The molecule has 3 aromatic carbocycles. The molecule has 0 radical (unpaired) electrons. The summed E-state index contributed by atoms with van der Waals surface area (Å²) >= 11 is 6.53. The Balaban J connectivity index is 1.76. The van der Waals surface area contributed by atoms with Gasteiger partial charge in [-0.3, -0.25) is 0 Å². The summed E-state index contributed by atoms with van der Waals surface area (Å²) in [5.74, 6) is 1.55. The largest absolute Gasteiger partial charge is 0.456 e. The number of ether oxygens (including phenoxy) is 2. The second-order valence-corrected chi connectivity index (χ2v) is 9.34. The van der Waals surface area contributed by atoms with Crippen molar-refractivity contribution < 1.29 is 14.3 Å². The maximum absolute atomic E-state index is 12.9. The van der Waals surface area contributed by atoms with Gasteiger partial charge in [0.25, 0.3) is 0 Å². The van der Waals surface area contributed by atoms with Gasteiger partial charge in [0.05, 0.1) is 5.56 Å². The van der Waals surface area contributed by atoms with Gasteiger partial charge < -0.3 is 14.4 Å². The lowest BCUT2D eigenvalue weighted by Gasteiger charge is -2.37. The molecule has 0 saturated heterocycles. The van der Waals surface area contributed by atoms with Gasteiger partial charge >= 0.3 is 5.97 Å². The van der Waals surface area contributed by atoms with E-state index >= 15 is 0 Å². The lowest BCUT2D eigenvalue weighted by Crippen LogP contribution is -2.33. The Morgan fingerprint density at radius 1 is 1.00 bits per heavy atom. The van der Waals surface area contributed by atoms with Gasteiger partial charge in [-0.05, 0) is 55.7 Å². The standard InChI is InChI=1S/C27H26ClNO3/c1-5-29(15-16(2)3)18-10-11-21-25(13-18)31-24-12-17(4)23(28)14-22(24)27(21)20-9-7-6-8-19(20)26(30)32-27/h6-14,16H,5,15H2,1-4H3. The normalized spacial score (nSPS) is 18.1. The van der Waals surface area contributed by atoms with Gasteiger partial charge in [0.15, 0.2) is 5.60 Å². The number of halogens is 1. The smallest absolute Gasteiger partial charge is 0.340 e. The van der Waals surface area contributed by atoms with Crippen LogP contribution in [0.5, 0.6) is 11.5 Å². The molecule has 0 aliphatic carbocycles. The number of aryl methyl sites for hydroxylation is 1. The molecule has 2 aliphatic rings. The summed E-state index contributed by atoms with van der Waals surface area (Å²) in [5, 5.41) is 0.612. The SMILES string of the molecule is CCN(CC(C)C)c1ccc2c(c1)Oc1cc(C)c(Cl)cc1C21OC(=O)c2ccccc21. The fourth-order valence-electron chi connectivity index (χ4n) is 4.84. The Hall–Kier alpha value is -2.98. The van der Waals surface area contributed by atoms with Gasteiger partial charge in [0.1, 0.15) is 11.5 Å². The first-order valence-electron chi connectivity index (χ1n) is 11.1. The second kappa shape index (κ2) is 7.56. The van der Waals surface area contributed by atoms with Gasteiger partial charge in [-0.25, -0.2) is 4.79 Å². The van der Waals surface area contributed by atoms with Gasteiger partial charge in [-0.2, -0.15) is 0 Å². The van der Waals surface area contributed by atoms with Crippen LogP contribution in [0, 0.1) is 12.8 Å². The van der Waals surface area contributed by atoms with Gasteiger partial charge in [-0.15, -0.1) is 0 Å². The minimum absolute atomic E-state index is 0.338. The van der Waals surface area contributed by atoms with Gasteiger partial charge in [-0.1, -0.05) is 43.6 Å². The molecule has 0 saturated carbocycles. The molecule has 1 spiro atoms. The number of esters is 1. The van der Waals surface area contributed by atoms with E-state index in [9.17, 15) is 4.79 Å². The Morgan fingerprint density at radius 2 is 1.75 bits per heavy atom. The first-order chi connectivity index (χ1) is 15.3. The molecule has 3 aromatic rings. The van der Waals surface area contributed by atoms with Crippen molar-refractivity contribution in [3.63, 3.8) is 0 Å². The highest BCUT2D eigenvalue weighted by molar-refractivity contribution is 6.31. The monoisotopic (exact) mass is 447 g/mol. The number of carbonyl (C=O) groups is 1. The molecule has 1 unspecified atom stereocenters. The van der Waals surface area contributed by atoms with Crippen molar-refractivity contribution in [3.8, 4) is 11.5 Å². The Bertz CT molecular complexity index is 1240. The lowest BCUT2D eigenvalue weighted by atomic mass is 9.77. The molecule has 0 amide bonds. The molecule has 0 bridgehead atoms. The highest BCUT2D eigenvalue weighted by atomic mass is 35.5. The van der Waals surface area contributed by atoms with Crippen LogP contribution in [-0.2, 0) is 10.3 Å². The van der Waals surface area contributed by atoms with Crippen LogP contribution in [-0.4, -0.2) is 19.1 Å². The number of carbonyl (C=O) groups excluding carboxylic acids is 1. The topological polar surface area (TPSA) is 38.8 Å². The molecule has 5 rings (SSSR count).